The Morgan fingerprint density at radius 2 is 2.12 bits per heavy atom. The van der Waals surface area contributed by atoms with Crippen molar-refractivity contribution in [3.05, 3.63) is 59.1 Å². The molecular formula is C17H15ClFN3O2. The molecule has 0 aliphatic rings. The van der Waals surface area contributed by atoms with Gasteiger partial charge >= 0.3 is 0 Å². The van der Waals surface area contributed by atoms with Gasteiger partial charge in [-0.15, -0.1) is 0 Å². The van der Waals surface area contributed by atoms with Gasteiger partial charge in [-0.05, 0) is 30.3 Å². The number of nitrogens with zero attached hydrogens (tertiary/aromatic N) is 1. The summed E-state index contributed by atoms with van der Waals surface area (Å²) < 4.78 is 18.2. The van der Waals surface area contributed by atoms with E-state index in [0.29, 0.717) is 13.0 Å². The van der Waals surface area contributed by atoms with Crippen LogP contribution >= 0.6 is 11.6 Å². The molecule has 2 N–H and O–H groups in total. The summed E-state index contributed by atoms with van der Waals surface area (Å²) in [5.41, 5.74) is 1.86. The lowest BCUT2D eigenvalue weighted by Gasteiger charge is -2.08. The number of ether oxygens (including phenoxy) is 1. The van der Waals surface area contributed by atoms with Gasteiger partial charge in [0.1, 0.15) is 17.4 Å². The number of amides is 1. The van der Waals surface area contributed by atoms with Crippen molar-refractivity contribution in [3.63, 3.8) is 0 Å². The number of carbonyl (C=O) groups is 1. The van der Waals surface area contributed by atoms with Crippen LogP contribution in [0.1, 0.15) is 5.82 Å². The largest absolute Gasteiger partial charge is 0.482 e. The van der Waals surface area contributed by atoms with Gasteiger partial charge in [0.15, 0.2) is 6.61 Å². The second-order valence-electron chi connectivity index (χ2n) is 5.16. The summed E-state index contributed by atoms with van der Waals surface area (Å²) >= 11 is 5.83. The Bertz CT molecular complexity index is 833. The highest BCUT2D eigenvalue weighted by Crippen LogP contribution is 2.24. The van der Waals surface area contributed by atoms with E-state index >= 15 is 0 Å². The summed E-state index contributed by atoms with van der Waals surface area (Å²) in [5.74, 6) is 0.332. The number of rotatable bonds is 6. The molecular weight excluding hydrogens is 333 g/mol. The van der Waals surface area contributed by atoms with Crippen molar-refractivity contribution >= 4 is 28.5 Å². The van der Waals surface area contributed by atoms with Crippen molar-refractivity contribution in [2.24, 2.45) is 0 Å². The maximum atomic E-state index is 12.9. The minimum atomic E-state index is -0.456. The van der Waals surface area contributed by atoms with Crippen LogP contribution in [0.4, 0.5) is 4.39 Å². The molecule has 2 aromatic carbocycles. The van der Waals surface area contributed by atoms with Gasteiger partial charge in [-0.1, -0.05) is 23.7 Å². The molecule has 0 unspecified atom stereocenters. The number of hydrogen-bond donors (Lipinski definition) is 2. The summed E-state index contributed by atoms with van der Waals surface area (Å²) in [7, 11) is 0. The van der Waals surface area contributed by atoms with Crippen molar-refractivity contribution in [2.45, 2.75) is 6.42 Å². The Morgan fingerprint density at radius 3 is 2.92 bits per heavy atom. The number of aromatic nitrogens is 2. The molecule has 7 heteroatoms. The van der Waals surface area contributed by atoms with Crippen molar-refractivity contribution in [2.75, 3.05) is 13.2 Å². The lowest BCUT2D eigenvalue weighted by molar-refractivity contribution is -0.123. The first-order valence-corrected chi connectivity index (χ1v) is 7.78. The molecule has 0 aliphatic carbocycles. The highest BCUT2D eigenvalue weighted by Gasteiger charge is 2.07. The zero-order chi connectivity index (χ0) is 16.9. The fourth-order valence-electron chi connectivity index (χ4n) is 2.23. The predicted molar refractivity (Wildman–Crippen MR) is 89.7 cm³/mol. The van der Waals surface area contributed by atoms with Crippen LogP contribution in [-0.2, 0) is 11.2 Å². The van der Waals surface area contributed by atoms with Gasteiger partial charge in [0, 0.05) is 13.0 Å². The molecule has 5 nitrogen and oxygen atoms in total. The second kappa shape index (κ2) is 7.31. The maximum absolute atomic E-state index is 12.9. The lowest BCUT2D eigenvalue weighted by Crippen LogP contribution is -2.30. The molecule has 0 aliphatic heterocycles. The normalized spacial score (nSPS) is 10.8. The molecule has 1 aromatic heterocycles. The molecule has 0 atom stereocenters. The molecule has 3 rings (SSSR count). The summed E-state index contributed by atoms with van der Waals surface area (Å²) in [6, 6.07) is 11.5. The minimum absolute atomic E-state index is 0.130. The van der Waals surface area contributed by atoms with Crippen LogP contribution < -0.4 is 10.1 Å². The zero-order valence-corrected chi connectivity index (χ0v) is 13.4. The molecule has 0 saturated heterocycles. The van der Waals surface area contributed by atoms with Gasteiger partial charge in [0.25, 0.3) is 5.91 Å². The van der Waals surface area contributed by atoms with E-state index in [1.54, 1.807) is 0 Å². The van der Waals surface area contributed by atoms with Crippen LogP contribution in [0, 0.1) is 5.82 Å². The molecule has 0 saturated carbocycles. The number of halogens is 2. The van der Waals surface area contributed by atoms with Crippen molar-refractivity contribution < 1.29 is 13.9 Å². The fourth-order valence-corrected chi connectivity index (χ4v) is 2.45. The molecule has 3 aromatic rings. The number of benzene rings is 2. The van der Waals surface area contributed by atoms with E-state index in [2.05, 4.69) is 15.3 Å². The Morgan fingerprint density at radius 1 is 1.29 bits per heavy atom. The third-order valence-electron chi connectivity index (χ3n) is 3.38. The van der Waals surface area contributed by atoms with Gasteiger partial charge in [-0.3, -0.25) is 4.79 Å². The number of H-pyrrole nitrogens is 1. The molecule has 0 fully saturated rings. The van der Waals surface area contributed by atoms with E-state index in [1.807, 2.05) is 24.3 Å². The van der Waals surface area contributed by atoms with Gasteiger partial charge < -0.3 is 15.0 Å². The van der Waals surface area contributed by atoms with Gasteiger partial charge in [-0.2, -0.15) is 0 Å². The van der Waals surface area contributed by atoms with E-state index in [4.69, 9.17) is 16.3 Å². The van der Waals surface area contributed by atoms with Crippen LogP contribution in [0.2, 0.25) is 5.02 Å². The SMILES string of the molecule is O=C(COc1ccc(F)cc1Cl)NCCc1nc2ccccc2[nH]1. The highest BCUT2D eigenvalue weighted by atomic mass is 35.5. The van der Waals surface area contributed by atoms with Crippen LogP contribution in [0.3, 0.4) is 0 Å². The van der Waals surface area contributed by atoms with Crippen LogP contribution in [-0.4, -0.2) is 29.0 Å². The molecule has 24 heavy (non-hydrogen) atoms. The monoisotopic (exact) mass is 347 g/mol. The molecule has 0 spiro atoms. The van der Waals surface area contributed by atoms with Crippen LogP contribution in [0.25, 0.3) is 11.0 Å². The molecule has 1 heterocycles. The highest BCUT2D eigenvalue weighted by molar-refractivity contribution is 6.32. The Balaban J connectivity index is 1.45. The predicted octanol–water partition coefficient (Wildman–Crippen LogP) is 3.09. The Hall–Kier alpha value is -2.60. The zero-order valence-electron chi connectivity index (χ0n) is 12.7. The summed E-state index contributed by atoms with van der Waals surface area (Å²) in [4.78, 5) is 19.4. The summed E-state index contributed by atoms with van der Waals surface area (Å²) in [5, 5.41) is 2.87. The molecule has 124 valence electrons. The van der Waals surface area contributed by atoms with Crippen molar-refractivity contribution in [1.29, 1.82) is 0 Å². The molecule has 1 amide bonds. The Labute approximate surface area is 142 Å². The van der Waals surface area contributed by atoms with E-state index in [-0.39, 0.29) is 23.3 Å². The number of hydrogen-bond acceptors (Lipinski definition) is 3. The average Bonchev–Trinajstić information content (AvgIpc) is 2.96. The topological polar surface area (TPSA) is 67.0 Å². The van der Waals surface area contributed by atoms with Crippen LogP contribution in [0.15, 0.2) is 42.5 Å². The van der Waals surface area contributed by atoms with E-state index in [9.17, 15) is 9.18 Å². The standard InChI is InChI=1S/C17H15ClFN3O2/c18-12-9-11(19)5-6-15(12)24-10-17(23)20-8-7-16-21-13-3-1-2-4-14(13)22-16/h1-6,9H,7-8,10H2,(H,20,23)(H,21,22). The summed E-state index contributed by atoms with van der Waals surface area (Å²) in [6.07, 6.45) is 0.581. The first-order valence-electron chi connectivity index (χ1n) is 7.40. The average molecular weight is 348 g/mol. The quantitative estimate of drug-likeness (QED) is 0.720. The summed E-state index contributed by atoms with van der Waals surface area (Å²) in [6.45, 7) is 0.241. The minimum Gasteiger partial charge on any atom is -0.482 e. The molecule has 0 radical (unpaired) electrons. The smallest absolute Gasteiger partial charge is 0.257 e. The van der Waals surface area contributed by atoms with Gasteiger partial charge in [-0.25, -0.2) is 9.37 Å². The van der Waals surface area contributed by atoms with Crippen molar-refractivity contribution in [1.82, 2.24) is 15.3 Å². The second-order valence-corrected chi connectivity index (χ2v) is 5.57. The number of para-hydroxylation sites is 2. The van der Waals surface area contributed by atoms with E-state index in [1.165, 1.54) is 12.1 Å². The number of imidazole rings is 1. The molecule has 0 bridgehead atoms. The Kier molecular flexibility index (Phi) is 4.96. The maximum Gasteiger partial charge on any atom is 0.257 e. The third-order valence-corrected chi connectivity index (χ3v) is 3.67. The number of fused-ring (bicyclic) bond motifs is 1. The van der Waals surface area contributed by atoms with Crippen LogP contribution in [0.5, 0.6) is 5.75 Å². The lowest BCUT2D eigenvalue weighted by atomic mass is 10.3. The fraction of sp³-hybridized carbons (Fsp3) is 0.176. The van der Waals surface area contributed by atoms with E-state index in [0.717, 1.165) is 22.9 Å². The van der Waals surface area contributed by atoms with Gasteiger partial charge in [0.2, 0.25) is 0 Å². The van der Waals surface area contributed by atoms with Gasteiger partial charge in [0.05, 0.1) is 16.1 Å². The number of carbonyl (C=O) groups excluding carboxylic acids is 1. The number of nitrogens with one attached hydrogen (secondary N) is 2. The van der Waals surface area contributed by atoms with E-state index < -0.39 is 5.82 Å². The third kappa shape index (κ3) is 4.02. The van der Waals surface area contributed by atoms with Crippen molar-refractivity contribution in [3.8, 4) is 5.75 Å². The first kappa shape index (κ1) is 16.3. The first-order chi connectivity index (χ1) is 11.6. The number of aromatic amines is 1.